The average molecular weight is 654 g/mol. The largest absolute Gasteiger partial charge is 0.493 e. The van der Waals surface area contributed by atoms with Gasteiger partial charge >= 0.3 is 18.0 Å². The van der Waals surface area contributed by atoms with Gasteiger partial charge in [-0.15, -0.1) is 11.3 Å². The quantitative estimate of drug-likeness (QED) is 0.141. The maximum atomic E-state index is 14.9. The number of methoxy groups -OCH3 is 1. The molecule has 45 heavy (non-hydrogen) atoms. The van der Waals surface area contributed by atoms with Crippen molar-refractivity contribution in [3.05, 3.63) is 99.6 Å². The Kier molecular flexibility index (Phi) is 8.48. The summed E-state index contributed by atoms with van der Waals surface area (Å²) in [5.74, 6) is -3.98. The minimum Gasteiger partial charge on any atom is -0.493 e. The van der Waals surface area contributed by atoms with Crippen LogP contribution < -0.4 is 20.1 Å². The van der Waals surface area contributed by atoms with Crippen molar-refractivity contribution in [3.8, 4) is 11.5 Å². The summed E-state index contributed by atoms with van der Waals surface area (Å²) in [5, 5.41) is 24.9. The van der Waals surface area contributed by atoms with Crippen LogP contribution in [-0.2, 0) is 16.6 Å². The van der Waals surface area contributed by atoms with Gasteiger partial charge in [0.25, 0.3) is 10.0 Å². The molecule has 12 nitrogen and oxygen atoms in total. The summed E-state index contributed by atoms with van der Waals surface area (Å²) < 4.78 is 54.3. The van der Waals surface area contributed by atoms with Crippen molar-refractivity contribution in [3.63, 3.8) is 0 Å². The molecule has 0 radical (unpaired) electrons. The molecule has 0 aliphatic carbocycles. The Bertz CT molecular complexity index is 2070. The molecule has 0 saturated heterocycles. The lowest BCUT2D eigenvalue weighted by Gasteiger charge is -2.16. The highest BCUT2D eigenvalue weighted by Crippen LogP contribution is 2.35. The fourth-order valence-electron chi connectivity index (χ4n) is 4.53. The zero-order valence-corrected chi connectivity index (χ0v) is 25.2. The minimum absolute atomic E-state index is 0.000577. The van der Waals surface area contributed by atoms with Gasteiger partial charge in [0, 0.05) is 34.7 Å². The summed E-state index contributed by atoms with van der Waals surface area (Å²) in [5.41, 5.74) is 0.498. The van der Waals surface area contributed by atoms with Crippen molar-refractivity contribution in [2.45, 2.75) is 18.4 Å². The molecule has 2 amide bonds. The first-order valence-corrected chi connectivity index (χ1v) is 15.3. The second-order valence-corrected chi connectivity index (χ2v) is 12.3. The van der Waals surface area contributed by atoms with Crippen LogP contribution in [0.1, 0.15) is 31.2 Å². The molecule has 15 heteroatoms. The van der Waals surface area contributed by atoms with Crippen molar-refractivity contribution in [2.24, 2.45) is 0 Å². The van der Waals surface area contributed by atoms with Crippen LogP contribution in [0.2, 0.25) is 0 Å². The smallest absolute Gasteiger partial charge is 0.346 e. The van der Waals surface area contributed by atoms with Gasteiger partial charge in [0.1, 0.15) is 17.0 Å². The molecule has 0 aliphatic heterocycles. The van der Waals surface area contributed by atoms with Crippen LogP contribution in [0.25, 0.3) is 10.9 Å². The number of urea groups is 1. The van der Waals surface area contributed by atoms with Gasteiger partial charge < -0.3 is 30.3 Å². The first kappa shape index (κ1) is 31.0. The predicted molar refractivity (Wildman–Crippen MR) is 164 cm³/mol. The molecule has 2 heterocycles. The number of hydrogen-bond acceptors (Lipinski definition) is 8. The van der Waals surface area contributed by atoms with E-state index in [9.17, 15) is 37.4 Å². The number of aryl methyl sites for hydroxylation is 1. The van der Waals surface area contributed by atoms with Gasteiger partial charge in [-0.05, 0) is 25.1 Å². The number of amides is 2. The molecule has 5 aromatic rings. The molecule has 3 aromatic carbocycles. The average Bonchev–Trinajstić information content (AvgIpc) is 3.63. The molecular weight excluding hydrogens is 629 g/mol. The Morgan fingerprint density at radius 1 is 0.956 bits per heavy atom. The van der Waals surface area contributed by atoms with E-state index in [1.165, 1.54) is 25.4 Å². The number of nitrogens with one attached hydrogen (secondary N) is 2. The number of hydrogen-bond donors (Lipinski definition) is 4. The number of aromatic carboxylic acids is 2. The Balaban J connectivity index is 1.41. The number of ether oxygens (including phenoxy) is 2. The monoisotopic (exact) mass is 653 g/mol. The summed E-state index contributed by atoms with van der Waals surface area (Å²) in [6.07, 6.45) is 1.45. The lowest BCUT2D eigenvalue weighted by Crippen LogP contribution is -2.21. The van der Waals surface area contributed by atoms with Gasteiger partial charge in [0.05, 0.1) is 28.9 Å². The van der Waals surface area contributed by atoms with E-state index in [1.54, 1.807) is 36.4 Å². The van der Waals surface area contributed by atoms with Gasteiger partial charge in [-0.1, -0.05) is 35.9 Å². The lowest BCUT2D eigenvalue weighted by molar-refractivity contribution is 0.0657. The second-order valence-electron chi connectivity index (χ2n) is 9.60. The molecule has 0 bridgehead atoms. The van der Waals surface area contributed by atoms with Crippen LogP contribution in [-0.4, -0.2) is 47.7 Å². The van der Waals surface area contributed by atoms with Gasteiger partial charge in [-0.3, -0.25) is 0 Å². The SMILES string of the molecule is COc1cc(F)c(NC(=O)Nc2csc(C(=O)O)c2C(=O)O)cc1OCc1cccc2ccn(S(=O)(=O)c3ccc(C)cc3)c12. The van der Waals surface area contributed by atoms with E-state index >= 15 is 0 Å². The van der Waals surface area contributed by atoms with Crippen LogP contribution in [0, 0.1) is 12.7 Å². The Labute approximate surface area is 259 Å². The molecule has 4 N–H and O–H groups in total. The standard InChI is InChI=1S/C30H24FN3O9S2/c1-16-6-8-19(9-7-16)45(40,41)34-11-10-17-4-3-5-18(26(17)34)14-43-24-13-21(20(31)12-23(24)42-2)32-30(39)33-22-15-44-27(29(37)38)25(22)28(35)36/h3-13,15H,14H2,1-2H3,(H,35,36)(H,37,38)(H2,32,33,39). The molecule has 0 spiro atoms. The third-order valence-electron chi connectivity index (χ3n) is 6.67. The van der Waals surface area contributed by atoms with Gasteiger partial charge in [-0.2, -0.15) is 0 Å². The highest BCUT2D eigenvalue weighted by molar-refractivity contribution is 7.90. The summed E-state index contributed by atoms with van der Waals surface area (Å²) in [4.78, 5) is 35.2. The number of thiophene rings is 1. The Morgan fingerprint density at radius 3 is 2.33 bits per heavy atom. The number of carboxylic acids is 2. The number of aromatic nitrogens is 1. The van der Waals surface area contributed by atoms with Crippen molar-refractivity contribution < 1.29 is 46.9 Å². The van der Waals surface area contributed by atoms with Crippen LogP contribution in [0.3, 0.4) is 0 Å². The van der Waals surface area contributed by atoms with E-state index in [-0.39, 0.29) is 34.4 Å². The molecule has 0 fully saturated rings. The van der Waals surface area contributed by atoms with Crippen molar-refractivity contribution in [2.75, 3.05) is 17.7 Å². The summed E-state index contributed by atoms with van der Waals surface area (Å²) in [6.45, 7) is 1.68. The lowest BCUT2D eigenvalue weighted by atomic mass is 10.1. The molecule has 0 atom stereocenters. The highest BCUT2D eigenvalue weighted by atomic mass is 32.2. The van der Waals surface area contributed by atoms with Gasteiger partial charge in [-0.25, -0.2) is 31.2 Å². The number of carboxylic acid groups (broad SMARTS) is 2. The van der Waals surface area contributed by atoms with Gasteiger partial charge in [0.15, 0.2) is 17.3 Å². The summed E-state index contributed by atoms with van der Waals surface area (Å²) in [6, 6.07) is 14.3. The van der Waals surface area contributed by atoms with E-state index in [1.807, 2.05) is 6.92 Å². The number of benzene rings is 3. The number of para-hydroxylation sites is 1. The molecule has 0 unspecified atom stereocenters. The van der Waals surface area contributed by atoms with E-state index < -0.39 is 44.3 Å². The van der Waals surface area contributed by atoms with Crippen molar-refractivity contribution in [1.82, 2.24) is 3.97 Å². The fourth-order valence-corrected chi connectivity index (χ4v) is 6.75. The molecule has 0 aliphatic rings. The molecule has 0 saturated carbocycles. The molecule has 5 rings (SSSR count). The van der Waals surface area contributed by atoms with Crippen LogP contribution in [0.4, 0.5) is 20.6 Å². The van der Waals surface area contributed by atoms with Crippen molar-refractivity contribution >= 4 is 61.6 Å². The van der Waals surface area contributed by atoms with Crippen LogP contribution >= 0.6 is 11.3 Å². The first-order valence-electron chi connectivity index (χ1n) is 13.0. The highest BCUT2D eigenvalue weighted by Gasteiger charge is 2.25. The number of nitrogens with zero attached hydrogens (tertiary/aromatic N) is 1. The van der Waals surface area contributed by atoms with E-state index in [0.717, 1.165) is 27.0 Å². The summed E-state index contributed by atoms with van der Waals surface area (Å²) >= 11 is 0.606. The fraction of sp³-hybridized carbons (Fsp3) is 0.100. The maximum Gasteiger partial charge on any atom is 0.346 e. The summed E-state index contributed by atoms with van der Waals surface area (Å²) in [7, 11) is -2.67. The number of carbonyl (C=O) groups excluding carboxylic acids is 1. The number of rotatable bonds is 10. The Hall–Kier alpha value is -5.41. The van der Waals surface area contributed by atoms with Crippen LogP contribution in [0.15, 0.2) is 77.1 Å². The molecule has 2 aromatic heterocycles. The van der Waals surface area contributed by atoms with Crippen molar-refractivity contribution in [1.29, 1.82) is 0 Å². The van der Waals surface area contributed by atoms with E-state index in [0.29, 0.717) is 27.8 Å². The Morgan fingerprint density at radius 2 is 1.67 bits per heavy atom. The molecular formula is C30H24FN3O9S2. The van der Waals surface area contributed by atoms with Crippen LogP contribution in [0.5, 0.6) is 11.5 Å². The number of fused-ring (bicyclic) bond motifs is 1. The number of carbonyl (C=O) groups is 3. The molecule has 232 valence electrons. The maximum absolute atomic E-state index is 14.9. The topological polar surface area (TPSA) is 173 Å². The minimum atomic E-state index is -3.96. The third-order valence-corrected chi connectivity index (χ3v) is 9.33. The van der Waals surface area contributed by atoms with E-state index in [2.05, 4.69) is 10.6 Å². The second kappa shape index (κ2) is 12.3. The third kappa shape index (κ3) is 6.16. The number of halogens is 1. The first-order chi connectivity index (χ1) is 21.4. The zero-order valence-electron chi connectivity index (χ0n) is 23.5. The normalized spacial score (nSPS) is 11.3. The predicted octanol–water partition coefficient (Wildman–Crippen LogP) is 6.02. The van der Waals surface area contributed by atoms with E-state index in [4.69, 9.17) is 9.47 Å². The van der Waals surface area contributed by atoms with Gasteiger partial charge in [0.2, 0.25) is 0 Å². The zero-order chi connectivity index (χ0) is 32.5. The number of anilines is 2.